The molecule has 2 rings (SSSR count). The lowest BCUT2D eigenvalue weighted by molar-refractivity contribution is -0.125. The molecule has 144 valence electrons. The van der Waals surface area contributed by atoms with Gasteiger partial charge < -0.3 is 10.6 Å². The Balaban J connectivity index is 1.97. The van der Waals surface area contributed by atoms with Gasteiger partial charge in [-0.15, -0.1) is 0 Å². The molecule has 1 aromatic rings. The summed E-state index contributed by atoms with van der Waals surface area (Å²) in [6.07, 6.45) is 6.29. The SMILES string of the molecule is CC(=O)Nc1ccc(N(CCNC(=O)C2CCCCC2)S(C)(=O)=O)cc1. The van der Waals surface area contributed by atoms with E-state index in [9.17, 15) is 18.0 Å². The smallest absolute Gasteiger partial charge is 0.232 e. The molecule has 0 aromatic heterocycles. The van der Waals surface area contributed by atoms with Crippen LogP contribution in [0.15, 0.2) is 24.3 Å². The van der Waals surface area contributed by atoms with Crippen molar-refractivity contribution in [2.45, 2.75) is 39.0 Å². The number of nitrogens with one attached hydrogen (secondary N) is 2. The minimum absolute atomic E-state index is 0.0131. The molecule has 26 heavy (non-hydrogen) atoms. The molecular weight excluding hydrogens is 354 g/mol. The fraction of sp³-hybridized carbons (Fsp3) is 0.556. The van der Waals surface area contributed by atoms with Gasteiger partial charge in [0.2, 0.25) is 21.8 Å². The maximum Gasteiger partial charge on any atom is 0.232 e. The summed E-state index contributed by atoms with van der Waals surface area (Å²) in [5, 5.41) is 5.50. The van der Waals surface area contributed by atoms with Gasteiger partial charge in [0.05, 0.1) is 18.5 Å². The molecule has 1 aromatic carbocycles. The van der Waals surface area contributed by atoms with Crippen molar-refractivity contribution in [2.24, 2.45) is 5.92 Å². The maximum atomic E-state index is 12.2. The first-order valence-corrected chi connectivity index (χ1v) is 10.8. The maximum absolute atomic E-state index is 12.2. The molecule has 0 unspecified atom stereocenters. The number of amides is 2. The van der Waals surface area contributed by atoms with Gasteiger partial charge in [-0.25, -0.2) is 8.42 Å². The number of anilines is 2. The standard InChI is InChI=1S/C18H27N3O4S/c1-14(22)20-16-8-10-17(11-9-16)21(26(2,24)25)13-12-19-18(23)15-6-4-3-5-7-15/h8-11,15H,3-7,12-13H2,1-2H3,(H,19,23)(H,20,22). The Hall–Kier alpha value is -2.09. The molecule has 2 N–H and O–H groups in total. The molecule has 2 amide bonds. The van der Waals surface area contributed by atoms with E-state index in [1.54, 1.807) is 24.3 Å². The van der Waals surface area contributed by atoms with E-state index < -0.39 is 10.0 Å². The number of benzene rings is 1. The van der Waals surface area contributed by atoms with Crippen molar-refractivity contribution < 1.29 is 18.0 Å². The van der Waals surface area contributed by atoms with Gasteiger partial charge in [0.15, 0.2) is 0 Å². The van der Waals surface area contributed by atoms with Crippen LogP contribution in [0, 0.1) is 5.92 Å². The number of hydrogen-bond donors (Lipinski definition) is 2. The van der Waals surface area contributed by atoms with Gasteiger partial charge in [-0.3, -0.25) is 13.9 Å². The Bertz CT molecular complexity index is 725. The summed E-state index contributed by atoms with van der Waals surface area (Å²) in [6, 6.07) is 6.57. The molecule has 0 heterocycles. The Kier molecular flexibility index (Phi) is 7.02. The third-order valence-corrected chi connectivity index (χ3v) is 5.66. The second-order valence-electron chi connectivity index (χ2n) is 6.69. The lowest BCUT2D eigenvalue weighted by atomic mass is 9.89. The molecule has 1 aliphatic carbocycles. The highest BCUT2D eigenvalue weighted by atomic mass is 32.2. The first kappa shape index (κ1) is 20.2. The van der Waals surface area contributed by atoms with E-state index in [0.29, 0.717) is 11.4 Å². The van der Waals surface area contributed by atoms with Gasteiger partial charge in [0, 0.05) is 25.1 Å². The fourth-order valence-corrected chi connectivity index (χ4v) is 4.12. The van der Waals surface area contributed by atoms with E-state index in [0.717, 1.165) is 31.9 Å². The molecule has 0 bridgehead atoms. The van der Waals surface area contributed by atoms with Crippen molar-refractivity contribution in [3.63, 3.8) is 0 Å². The Labute approximate surface area is 155 Å². The molecule has 0 aliphatic heterocycles. The summed E-state index contributed by atoms with van der Waals surface area (Å²) < 4.78 is 25.5. The van der Waals surface area contributed by atoms with Crippen LogP contribution in [0.1, 0.15) is 39.0 Å². The molecule has 0 saturated heterocycles. The normalized spacial score (nSPS) is 15.3. The highest BCUT2D eigenvalue weighted by molar-refractivity contribution is 7.92. The van der Waals surface area contributed by atoms with Crippen LogP contribution in [0.3, 0.4) is 0 Å². The number of rotatable bonds is 7. The summed E-state index contributed by atoms with van der Waals surface area (Å²) in [6.45, 7) is 1.83. The van der Waals surface area contributed by atoms with Crippen molar-refractivity contribution >= 4 is 33.2 Å². The van der Waals surface area contributed by atoms with Crippen LogP contribution < -0.4 is 14.9 Å². The number of sulfonamides is 1. The zero-order valence-corrected chi connectivity index (χ0v) is 16.1. The third-order valence-electron chi connectivity index (χ3n) is 4.47. The summed E-state index contributed by atoms with van der Waals surface area (Å²) in [5.74, 6) is -0.130. The van der Waals surface area contributed by atoms with Crippen LogP contribution in [-0.2, 0) is 19.6 Å². The molecule has 1 saturated carbocycles. The summed E-state index contributed by atoms with van der Waals surface area (Å²) in [4.78, 5) is 23.3. The first-order valence-electron chi connectivity index (χ1n) is 8.90. The van der Waals surface area contributed by atoms with Gasteiger partial charge >= 0.3 is 0 Å². The second-order valence-corrected chi connectivity index (χ2v) is 8.60. The average Bonchev–Trinajstić information content (AvgIpc) is 2.59. The molecule has 0 spiro atoms. The quantitative estimate of drug-likeness (QED) is 0.756. The topological polar surface area (TPSA) is 95.6 Å². The van der Waals surface area contributed by atoms with Crippen molar-refractivity contribution in [3.8, 4) is 0 Å². The third kappa shape index (κ3) is 6.01. The molecule has 1 fully saturated rings. The highest BCUT2D eigenvalue weighted by Gasteiger charge is 2.22. The zero-order valence-electron chi connectivity index (χ0n) is 15.3. The van der Waals surface area contributed by atoms with Crippen LogP contribution in [-0.4, -0.2) is 39.6 Å². The monoisotopic (exact) mass is 381 g/mol. The van der Waals surface area contributed by atoms with Gasteiger partial charge in [0.1, 0.15) is 0 Å². The minimum Gasteiger partial charge on any atom is -0.354 e. The summed E-state index contributed by atoms with van der Waals surface area (Å²) in [7, 11) is -3.48. The Morgan fingerprint density at radius 3 is 2.27 bits per heavy atom. The highest BCUT2D eigenvalue weighted by Crippen LogP contribution is 2.24. The summed E-state index contributed by atoms with van der Waals surface area (Å²) >= 11 is 0. The zero-order chi connectivity index (χ0) is 19.2. The number of carbonyl (C=O) groups is 2. The summed E-state index contributed by atoms with van der Waals surface area (Å²) in [5.41, 5.74) is 1.09. The average molecular weight is 381 g/mol. The van der Waals surface area contributed by atoms with E-state index in [2.05, 4.69) is 10.6 Å². The van der Waals surface area contributed by atoms with Gasteiger partial charge in [-0.05, 0) is 37.1 Å². The first-order chi connectivity index (χ1) is 12.3. The van der Waals surface area contributed by atoms with E-state index in [1.807, 2.05) is 0 Å². The Morgan fingerprint density at radius 1 is 1.12 bits per heavy atom. The minimum atomic E-state index is -3.48. The second kappa shape index (κ2) is 9.02. The van der Waals surface area contributed by atoms with Gasteiger partial charge in [-0.1, -0.05) is 19.3 Å². The van der Waals surface area contributed by atoms with Crippen LogP contribution in [0.5, 0.6) is 0 Å². The molecular formula is C18H27N3O4S. The molecule has 1 aliphatic rings. The van der Waals surface area contributed by atoms with E-state index >= 15 is 0 Å². The number of carbonyl (C=O) groups excluding carboxylic acids is 2. The molecule has 0 atom stereocenters. The molecule has 0 radical (unpaired) electrons. The van der Waals surface area contributed by atoms with Crippen molar-refractivity contribution in [3.05, 3.63) is 24.3 Å². The van der Waals surface area contributed by atoms with E-state index in [4.69, 9.17) is 0 Å². The predicted octanol–water partition coefficient (Wildman–Crippen LogP) is 2.11. The predicted molar refractivity (Wildman–Crippen MR) is 103 cm³/mol. The van der Waals surface area contributed by atoms with Crippen LogP contribution in [0.4, 0.5) is 11.4 Å². The lowest BCUT2D eigenvalue weighted by Gasteiger charge is -2.24. The molecule has 8 heteroatoms. The van der Waals surface area contributed by atoms with E-state index in [1.165, 1.54) is 17.6 Å². The fourth-order valence-electron chi connectivity index (χ4n) is 3.19. The van der Waals surface area contributed by atoms with Crippen LogP contribution in [0.25, 0.3) is 0 Å². The lowest BCUT2D eigenvalue weighted by Crippen LogP contribution is -2.40. The van der Waals surface area contributed by atoms with Crippen LogP contribution >= 0.6 is 0 Å². The van der Waals surface area contributed by atoms with E-state index in [-0.39, 0.29) is 30.8 Å². The van der Waals surface area contributed by atoms with Crippen LogP contribution in [0.2, 0.25) is 0 Å². The van der Waals surface area contributed by atoms with Crippen molar-refractivity contribution in [1.82, 2.24) is 5.32 Å². The van der Waals surface area contributed by atoms with Crippen molar-refractivity contribution in [2.75, 3.05) is 29.0 Å². The Morgan fingerprint density at radius 2 is 1.73 bits per heavy atom. The van der Waals surface area contributed by atoms with Gasteiger partial charge in [-0.2, -0.15) is 0 Å². The molecule has 7 nitrogen and oxygen atoms in total. The number of nitrogens with zero attached hydrogens (tertiary/aromatic N) is 1. The van der Waals surface area contributed by atoms with Gasteiger partial charge in [0.25, 0.3) is 0 Å². The van der Waals surface area contributed by atoms with Crippen molar-refractivity contribution in [1.29, 1.82) is 0 Å². The number of hydrogen-bond acceptors (Lipinski definition) is 4. The largest absolute Gasteiger partial charge is 0.354 e.